The van der Waals surface area contributed by atoms with E-state index in [2.05, 4.69) is 104 Å². The van der Waals surface area contributed by atoms with Crippen molar-refractivity contribution in [1.29, 1.82) is 0 Å². The second kappa shape index (κ2) is 8.48. The van der Waals surface area contributed by atoms with Crippen LogP contribution in [0.1, 0.15) is 35.9 Å². The van der Waals surface area contributed by atoms with Gasteiger partial charge in [0.25, 0.3) is 0 Å². The third-order valence-electron chi connectivity index (χ3n) is 7.01. The molecule has 1 aliphatic heterocycles. The molecule has 0 fully saturated rings. The molecule has 0 amide bonds. The summed E-state index contributed by atoms with van der Waals surface area (Å²) in [6.45, 7) is 35.3. The predicted octanol–water partition coefficient (Wildman–Crippen LogP) is 7.38. The van der Waals surface area contributed by atoms with Crippen molar-refractivity contribution in [1.82, 2.24) is 0 Å². The quantitative estimate of drug-likeness (QED) is 0.260. The summed E-state index contributed by atoms with van der Waals surface area (Å²) < 4.78 is 10.7. The summed E-state index contributed by atoms with van der Waals surface area (Å²) in [5, 5.41) is 0. The van der Waals surface area contributed by atoms with Crippen LogP contribution in [0, 0.1) is 0 Å². The van der Waals surface area contributed by atoms with Crippen LogP contribution in [0.15, 0.2) is 18.2 Å². The van der Waals surface area contributed by atoms with E-state index in [0.29, 0.717) is 0 Å². The molecule has 2 rings (SSSR count). The van der Waals surface area contributed by atoms with Gasteiger partial charge in [-0.1, -0.05) is 0 Å². The first-order valence-corrected chi connectivity index (χ1v) is 30.6. The Morgan fingerprint density at radius 3 is 1.52 bits per heavy atom. The zero-order valence-corrected chi connectivity index (χ0v) is 28.9. The maximum atomic E-state index is 12.5. The zero-order valence-electron chi connectivity index (χ0n) is 22.8. The molecule has 2 nitrogen and oxygen atoms in total. The zero-order chi connectivity index (χ0) is 24.4. The second-order valence-corrected chi connectivity index (χ2v) is 48.9. The molecule has 0 N–H and O–H groups in total. The van der Waals surface area contributed by atoms with Gasteiger partial charge in [-0.15, -0.1) is 0 Å². The number of fused-ring (bicyclic) bond motifs is 1. The van der Waals surface area contributed by atoms with Crippen molar-refractivity contribution >= 4 is 56.1 Å². The van der Waals surface area contributed by atoms with Crippen LogP contribution >= 0.6 is 0 Å². The average molecular weight is 554 g/mol. The number of ketones is 1. The van der Waals surface area contributed by atoms with Crippen LogP contribution in [0.3, 0.4) is 0 Å². The molecule has 7 heteroatoms. The molecule has 31 heavy (non-hydrogen) atoms. The van der Waals surface area contributed by atoms with Crippen molar-refractivity contribution in [2.24, 2.45) is 0 Å². The van der Waals surface area contributed by atoms with Crippen LogP contribution in [0.4, 0.5) is 0 Å². The third-order valence-corrected chi connectivity index (χ3v) is 62.9. The molecule has 1 aromatic carbocycles. The molecular weight excluding hydrogens is 505 g/mol. The first kappa shape index (κ1) is 27.5. The van der Waals surface area contributed by atoms with E-state index in [4.69, 9.17) is 3.76 Å². The normalized spacial score (nSPS) is 19.8. The number of benzene rings is 1. The fourth-order valence-electron chi connectivity index (χ4n) is 7.67. The van der Waals surface area contributed by atoms with Gasteiger partial charge >= 0.3 is 200 Å². The SMILES string of the molecule is CC(=O)c1ccc2[c](c1)[Ge]([CH]([Si](C)(C)C)[Si](C)(C)C)([CH]([Si](C)(C)C)[Si](C)(C)C)[O]C2C. The van der Waals surface area contributed by atoms with E-state index in [1.54, 1.807) is 11.3 Å². The maximum absolute atomic E-state index is 12.5. The monoisotopic (exact) mass is 554 g/mol. The number of hydrogen-bond donors (Lipinski definition) is 0. The molecule has 0 radical (unpaired) electrons. The summed E-state index contributed by atoms with van der Waals surface area (Å²) in [5.41, 5.74) is 2.30. The van der Waals surface area contributed by atoms with Crippen molar-refractivity contribution in [2.75, 3.05) is 0 Å². The van der Waals surface area contributed by atoms with Crippen LogP contribution in [-0.4, -0.2) is 51.7 Å². The Bertz CT molecular complexity index is 781. The van der Waals surface area contributed by atoms with E-state index < -0.39 is 45.9 Å². The molecule has 1 atom stereocenters. The van der Waals surface area contributed by atoms with Crippen LogP contribution in [0.25, 0.3) is 0 Å². The molecular formula is C24H48GeO2Si4. The Balaban J connectivity index is 3.11. The summed E-state index contributed by atoms with van der Waals surface area (Å²) in [7, 11) is -6.17. The van der Waals surface area contributed by atoms with Gasteiger partial charge < -0.3 is 0 Å². The van der Waals surface area contributed by atoms with E-state index in [1.165, 1.54) is 5.56 Å². The minimum atomic E-state index is -3.15. The second-order valence-electron chi connectivity index (χ2n) is 14.2. The number of carbonyl (C=O) groups excluding carboxylic acids is 1. The molecule has 176 valence electrons. The Morgan fingerprint density at radius 1 is 0.806 bits per heavy atom. The minimum absolute atomic E-state index is 0.168. The number of rotatable bonds is 7. The molecule has 0 aromatic heterocycles. The van der Waals surface area contributed by atoms with Gasteiger partial charge in [0.2, 0.25) is 0 Å². The van der Waals surface area contributed by atoms with E-state index >= 15 is 0 Å². The molecule has 1 unspecified atom stereocenters. The predicted molar refractivity (Wildman–Crippen MR) is 152 cm³/mol. The third kappa shape index (κ3) is 5.19. The fourth-order valence-corrected chi connectivity index (χ4v) is 84.3. The van der Waals surface area contributed by atoms with Crippen LogP contribution in [-0.2, 0) is 3.76 Å². The molecule has 0 saturated heterocycles. The Hall–Kier alpha value is 0.260. The van der Waals surface area contributed by atoms with Crippen molar-refractivity contribution in [3.05, 3.63) is 29.3 Å². The molecule has 0 saturated carbocycles. The Labute approximate surface area is 199 Å². The van der Waals surface area contributed by atoms with Gasteiger partial charge in [0.1, 0.15) is 0 Å². The Morgan fingerprint density at radius 2 is 1.19 bits per heavy atom. The van der Waals surface area contributed by atoms with E-state index in [9.17, 15) is 4.79 Å². The van der Waals surface area contributed by atoms with Crippen LogP contribution < -0.4 is 4.40 Å². The van der Waals surface area contributed by atoms with E-state index in [-0.39, 0.29) is 11.9 Å². The van der Waals surface area contributed by atoms with Crippen LogP contribution in [0.2, 0.25) is 86.6 Å². The standard InChI is InChI=1S/C24H48GeO2Si4/c1-18(26)20-15-16-21-19(2)27-25(22(21)17-20,23(28(3,4)5)29(6,7)8)24(30(9,10)11)31(12,13)14/h15-17,19,23-24H,1-14H3. The first-order chi connectivity index (χ1) is 13.6. The van der Waals surface area contributed by atoms with Crippen molar-refractivity contribution in [3.8, 4) is 0 Å². The van der Waals surface area contributed by atoms with Crippen LogP contribution in [0.5, 0.6) is 0 Å². The molecule has 0 spiro atoms. The summed E-state index contributed by atoms with van der Waals surface area (Å²) in [4.78, 5) is 12.5. The van der Waals surface area contributed by atoms with Gasteiger partial charge in [-0.25, -0.2) is 0 Å². The molecule has 1 aromatic rings. The van der Waals surface area contributed by atoms with Gasteiger partial charge in [-0.2, -0.15) is 0 Å². The number of carbonyl (C=O) groups is 1. The topological polar surface area (TPSA) is 26.3 Å². The molecule has 1 heterocycles. The van der Waals surface area contributed by atoms with E-state index in [1.807, 2.05) is 0 Å². The van der Waals surface area contributed by atoms with Crippen molar-refractivity contribution in [3.63, 3.8) is 0 Å². The average Bonchev–Trinajstić information content (AvgIpc) is 2.73. The molecule has 0 aliphatic carbocycles. The summed E-state index contributed by atoms with van der Waals surface area (Å²) in [5.74, 6) is 0.189. The van der Waals surface area contributed by atoms with Crippen molar-refractivity contribution < 1.29 is 8.56 Å². The van der Waals surface area contributed by atoms with Crippen molar-refractivity contribution in [2.45, 2.75) is 107 Å². The van der Waals surface area contributed by atoms with Gasteiger partial charge in [-0.3, -0.25) is 0 Å². The molecule has 1 aliphatic rings. The summed E-state index contributed by atoms with van der Waals surface area (Å²) in [6, 6.07) is 6.64. The van der Waals surface area contributed by atoms with Gasteiger partial charge in [0.05, 0.1) is 0 Å². The molecule has 0 bridgehead atoms. The Kier molecular flexibility index (Phi) is 7.53. The van der Waals surface area contributed by atoms with Gasteiger partial charge in [0, 0.05) is 0 Å². The van der Waals surface area contributed by atoms with Gasteiger partial charge in [-0.05, 0) is 0 Å². The summed E-state index contributed by atoms with van der Waals surface area (Å²) >= 11 is -3.15. The van der Waals surface area contributed by atoms with Gasteiger partial charge in [0.15, 0.2) is 0 Å². The van der Waals surface area contributed by atoms with E-state index in [0.717, 1.165) is 13.6 Å². The first-order valence-electron chi connectivity index (χ1n) is 12.0. The fraction of sp³-hybridized carbons (Fsp3) is 0.708. The number of Topliss-reactive ketones (excluding diaryl/α,β-unsaturated/α-hetero) is 1. The number of hydrogen-bond acceptors (Lipinski definition) is 2. The summed E-state index contributed by atoms with van der Waals surface area (Å²) in [6.07, 6.45) is 0.168.